The van der Waals surface area contributed by atoms with Gasteiger partial charge in [0.05, 0.1) is 0 Å². The number of nitrogens with one attached hydrogen (secondary N) is 1. The molecular weight excluding hydrogens is 152 g/mol. The highest BCUT2D eigenvalue weighted by Crippen LogP contribution is 2.03. The molecule has 1 rings (SSSR count). The van der Waals surface area contributed by atoms with E-state index in [-0.39, 0.29) is 6.23 Å². The molecule has 0 bridgehead atoms. The number of rotatable bonds is 4. The number of aliphatic hydroxyl groups excluding tert-OH is 1. The lowest BCUT2D eigenvalue weighted by Crippen LogP contribution is -2.51. The van der Waals surface area contributed by atoms with Gasteiger partial charge < -0.3 is 10.4 Å². The predicted molar refractivity (Wildman–Crippen MR) is 50.0 cm³/mol. The van der Waals surface area contributed by atoms with Gasteiger partial charge in [0.15, 0.2) is 0 Å². The van der Waals surface area contributed by atoms with Crippen LogP contribution >= 0.6 is 0 Å². The Morgan fingerprint density at radius 2 is 2.33 bits per heavy atom. The van der Waals surface area contributed by atoms with Crippen LogP contribution in [0.5, 0.6) is 0 Å². The van der Waals surface area contributed by atoms with Crippen LogP contribution < -0.4 is 5.32 Å². The maximum atomic E-state index is 9.53. The SMILES string of the molecule is CCCCCN1CCNCC1O. The summed E-state index contributed by atoms with van der Waals surface area (Å²) < 4.78 is 0. The first-order valence-electron chi connectivity index (χ1n) is 4.97. The Hall–Kier alpha value is -0.120. The second-order valence-corrected chi connectivity index (χ2v) is 3.43. The number of β-amino-alcohol motifs (C(OH)–C–C–N with tert-alkyl or cyclic N) is 1. The smallest absolute Gasteiger partial charge is 0.120 e. The van der Waals surface area contributed by atoms with Crippen molar-refractivity contribution in [3.8, 4) is 0 Å². The van der Waals surface area contributed by atoms with Gasteiger partial charge in [0.1, 0.15) is 6.23 Å². The molecule has 0 aromatic heterocycles. The Bertz CT molecular complexity index is 119. The van der Waals surface area contributed by atoms with Crippen LogP contribution in [0.2, 0.25) is 0 Å². The molecule has 0 aromatic rings. The summed E-state index contributed by atoms with van der Waals surface area (Å²) in [5, 5.41) is 12.7. The third kappa shape index (κ3) is 3.09. The average molecular weight is 172 g/mol. The van der Waals surface area contributed by atoms with Crippen LogP contribution in [-0.4, -0.2) is 42.4 Å². The predicted octanol–water partition coefficient (Wildman–Crippen LogP) is 0.400. The van der Waals surface area contributed by atoms with Crippen LogP contribution in [0.3, 0.4) is 0 Å². The fourth-order valence-corrected chi connectivity index (χ4v) is 1.56. The molecule has 2 N–H and O–H groups in total. The van der Waals surface area contributed by atoms with Crippen LogP contribution in [0, 0.1) is 0 Å². The largest absolute Gasteiger partial charge is 0.377 e. The summed E-state index contributed by atoms with van der Waals surface area (Å²) in [7, 11) is 0. The molecule has 1 heterocycles. The van der Waals surface area contributed by atoms with Crippen molar-refractivity contribution in [3.63, 3.8) is 0 Å². The molecular formula is C9H20N2O. The number of unbranched alkanes of at least 4 members (excludes halogenated alkanes) is 2. The summed E-state index contributed by atoms with van der Waals surface area (Å²) in [6.07, 6.45) is 3.49. The van der Waals surface area contributed by atoms with E-state index in [9.17, 15) is 5.11 Å². The van der Waals surface area contributed by atoms with E-state index < -0.39 is 0 Å². The second-order valence-electron chi connectivity index (χ2n) is 3.43. The van der Waals surface area contributed by atoms with Gasteiger partial charge in [-0.2, -0.15) is 0 Å². The molecule has 1 unspecified atom stereocenters. The van der Waals surface area contributed by atoms with Crippen molar-refractivity contribution in [3.05, 3.63) is 0 Å². The summed E-state index contributed by atoms with van der Waals surface area (Å²) in [4.78, 5) is 2.16. The minimum atomic E-state index is -0.254. The van der Waals surface area contributed by atoms with Gasteiger partial charge in [0.2, 0.25) is 0 Å². The van der Waals surface area contributed by atoms with Gasteiger partial charge in [0.25, 0.3) is 0 Å². The maximum Gasteiger partial charge on any atom is 0.120 e. The van der Waals surface area contributed by atoms with Gasteiger partial charge in [-0.05, 0) is 6.42 Å². The molecule has 12 heavy (non-hydrogen) atoms. The Morgan fingerprint density at radius 3 is 3.00 bits per heavy atom. The van der Waals surface area contributed by atoms with Crippen LogP contribution in [-0.2, 0) is 0 Å². The van der Waals surface area contributed by atoms with Crippen LogP contribution in [0.25, 0.3) is 0 Å². The molecule has 0 spiro atoms. The van der Waals surface area contributed by atoms with Crippen molar-refractivity contribution in [1.82, 2.24) is 10.2 Å². The highest BCUT2D eigenvalue weighted by atomic mass is 16.3. The van der Waals surface area contributed by atoms with E-state index in [2.05, 4.69) is 17.1 Å². The number of aliphatic hydroxyl groups is 1. The Kier molecular flexibility index (Phi) is 4.58. The van der Waals surface area contributed by atoms with E-state index in [1.54, 1.807) is 0 Å². The summed E-state index contributed by atoms with van der Waals surface area (Å²) in [5.41, 5.74) is 0. The van der Waals surface area contributed by atoms with Crippen molar-refractivity contribution < 1.29 is 5.11 Å². The Balaban J connectivity index is 2.11. The molecule has 72 valence electrons. The van der Waals surface area contributed by atoms with E-state index in [0.717, 1.165) is 26.2 Å². The third-order valence-corrected chi connectivity index (χ3v) is 2.37. The normalized spacial score (nSPS) is 26.0. The monoisotopic (exact) mass is 172 g/mol. The van der Waals surface area contributed by atoms with Crippen molar-refractivity contribution in [2.45, 2.75) is 32.4 Å². The minimum Gasteiger partial charge on any atom is -0.377 e. The van der Waals surface area contributed by atoms with E-state index >= 15 is 0 Å². The topological polar surface area (TPSA) is 35.5 Å². The molecule has 0 amide bonds. The summed E-state index contributed by atoms with van der Waals surface area (Å²) in [6, 6.07) is 0. The summed E-state index contributed by atoms with van der Waals surface area (Å²) >= 11 is 0. The molecule has 1 atom stereocenters. The summed E-state index contributed by atoms with van der Waals surface area (Å²) in [6.45, 7) is 5.99. The molecule has 0 aliphatic carbocycles. The average Bonchev–Trinajstić information content (AvgIpc) is 2.09. The van der Waals surface area contributed by atoms with Gasteiger partial charge in [-0.15, -0.1) is 0 Å². The van der Waals surface area contributed by atoms with E-state index in [0.29, 0.717) is 0 Å². The molecule has 1 saturated heterocycles. The standard InChI is InChI=1S/C9H20N2O/c1-2-3-4-6-11-7-5-10-8-9(11)12/h9-10,12H,2-8H2,1H3. The van der Waals surface area contributed by atoms with Crippen molar-refractivity contribution in [2.75, 3.05) is 26.2 Å². The van der Waals surface area contributed by atoms with Gasteiger partial charge in [-0.3, -0.25) is 4.90 Å². The molecule has 1 fully saturated rings. The molecule has 1 aliphatic rings. The number of nitrogens with zero attached hydrogens (tertiary/aromatic N) is 1. The maximum absolute atomic E-state index is 9.53. The van der Waals surface area contributed by atoms with Gasteiger partial charge in [0, 0.05) is 26.2 Å². The van der Waals surface area contributed by atoms with E-state index in [4.69, 9.17) is 0 Å². The molecule has 0 radical (unpaired) electrons. The molecule has 0 aromatic carbocycles. The molecule has 3 heteroatoms. The van der Waals surface area contributed by atoms with Gasteiger partial charge in [-0.25, -0.2) is 0 Å². The highest BCUT2D eigenvalue weighted by molar-refractivity contribution is 4.71. The lowest BCUT2D eigenvalue weighted by molar-refractivity contribution is -0.0132. The quantitative estimate of drug-likeness (QED) is 0.603. The van der Waals surface area contributed by atoms with Crippen LogP contribution in [0.4, 0.5) is 0 Å². The first-order chi connectivity index (χ1) is 5.84. The van der Waals surface area contributed by atoms with Crippen LogP contribution in [0.15, 0.2) is 0 Å². The molecule has 1 aliphatic heterocycles. The fraction of sp³-hybridized carbons (Fsp3) is 1.00. The fourth-order valence-electron chi connectivity index (χ4n) is 1.56. The van der Waals surface area contributed by atoms with E-state index in [1.807, 2.05) is 0 Å². The van der Waals surface area contributed by atoms with Crippen molar-refractivity contribution in [1.29, 1.82) is 0 Å². The van der Waals surface area contributed by atoms with Crippen LogP contribution in [0.1, 0.15) is 26.2 Å². The zero-order chi connectivity index (χ0) is 8.81. The Labute approximate surface area is 74.8 Å². The van der Waals surface area contributed by atoms with Crippen molar-refractivity contribution in [2.24, 2.45) is 0 Å². The third-order valence-electron chi connectivity index (χ3n) is 2.37. The lowest BCUT2D eigenvalue weighted by Gasteiger charge is -2.32. The molecule has 0 saturated carbocycles. The zero-order valence-corrected chi connectivity index (χ0v) is 7.92. The van der Waals surface area contributed by atoms with Gasteiger partial charge >= 0.3 is 0 Å². The number of hydrogen-bond acceptors (Lipinski definition) is 3. The van der Waals surface area contributed by atoms with Gasteiger partial charge in [-0.1, -0.05) is 19.8 Å². The highest BCUT2D eigenvalue weighted by Gasteiger charge is 2.17. The van der Waals surface area contributed by atoms with Crippen molar-refractivity contribution >= 4 is 0 Å². The zero-order valence-electron chi connectivity index (χ0n) is 7.92. The number of hydrogen-bond donors (Lipinski definition) is 2. The summed E-state index contributed by atoms with van der Waals surface area (Å²) in [5.74, 6) is 0. The lowest BCUT2D eigenvalue weighted by atomic mass is 10.2. The minimum absolute atomic E-state index is 0.254. The Morgan fingerprint density at radius 1 is 1.50 bits per heavy atom. The first kappa shape index (κ1) is 9.96. The first-order valence-corrected chi connectivity index (χ1v) is 4.97. The molecule has 3 nitrogen and oxygen atoms in total. The van der Waals surface area contributed by atoms with E-state index in [1.165, 1.54) is 19.3 Å². The number of piperazine rings is 1. The second kappa shape index (κ2) is 5.51.